The van der Waals surface area contributed by atoms with Crippen molar-refractivity contribution in [2.45, 2.75) is 38.3 Å². The van der Waals surface area contributed by atoms with Crippen LogP contribution >= 0.6 is 0 Å². The highest BCUT2D eigenvalue weighted by molar-refractivity contribution is 5.80. The van der Waals surface area contributed by atoms with Gasteiger partial charge in [0.15, 0.2) is 11.2 Å². The summed E-state index contributed by atoms with van der Waals surface area (Å²) < 4.78 is 2.26. The first-order valence-electron chi connectivity index (χ1n) is 17.2. The van der Waals surface area contributed by atoms with Crippen molar-refractivity contribution in [3.8, 4) is 22.5 Å². The first kappa shape index (κ1) is 31.1. The Morgan fingerprint density at radius 1 is 0.620 bits per heavy atom. The number of tetrazole rings is 1. The second kappa shape index (κ2) is 13.7. The van der Waals surface area contributed by atoms with E-state index in [1.54, 1.807) is 4.80 Å². The Bertz CT molecular complexity index is 2230. The number of rotatable bonds is 11. The van der Waals surface area contributed by atoms with E-state index in [1.165, 1.54) is 5.56 Å². The van der Waals surface area contributed by atoms with Crippen LogP contribution in [0.1, 0.15) is 47.8 Å². The van der Waals surface area contributed by atoms with Crippen molar-refractivity contribution in [2.24, 2.45) is 0 Å². The molecule has 50 heavy (non-hydrogen) atoms. The van der Waals surface area contributed by atoms with E-state index in [4.69, 9.17) is 20.4 Å². The molecule has 0 amide bonds. The maximum atomic E-state index is 5.18. The van der Waals surface area contributed by atoms with Crippen LogP contribution in [0, 0.1) is 0 Å². The Balaban J connectivity index is 1.18. The van der Waals surface area contributed by atoms with Gasteiger partial charge in [-0.05, 0) is 57.1 Å². The van der Waals surface area contributed by atoms with Crippen LogP contribution in [0.25, 0.3) is 33.7 Å². The van der Waals surface area contributed by atoms with Gasteiger partial charge in [0.1, 0.15) is 11.3 Å². The Labute approximate surface area is 291 Å². The van der Waals surface area contributed by atoms with Gasteiger partial charge in [0.05, 0.1) is 6.54 Å². The summed E-state index contributed by atoms with van der Waals surface area (Å²) in [7, 11) is 0. The van der Waals surface area contributed by atoms with Crippen molar-refractivity contribution in [1.29, 1.82) is 0 Å². The van der Waals surface area contributed by atoms with Crippen LogP contribution in [-0.2, 0) is 18.5 Å². The van der Waals surface area contributed by atoms with Crippen molar-refractivity contribution in [2.75, 3.05) is 0 Å². The van der Waals surface area contributed by atoms with E-state index < -0.39 is 5.54 Å². The van der Waals surface area contributed by atoms with Crippen molar-refractivity contribution in [3.05, 3.63) is 186 Å². The average molecular weight is 652 g/mol. The Morgan fingerprint density at radius 2 is 1.22 bits per heavy atom. The predicted molar refractivity (Wildman–Crippen MR) is 199 cm³/mol. The molecular formula is C43H37N7. The molecule has 8 rings (SSSR count). The molecule has 0 unspecified atom stereocenters. The van der Waals surface area contributed by atoms with Crippen LogP contribution < -0.4 is 0 Å². The maximum absolute atomic E-state index is 5.18. The Kier molecular flexibility index (Phi) is 8.53. The molecule has 244 valence electrons. The number of benzene rings is 5. The quantitative estimate of drug-likeness (QED) is 0.131. The molecule has 0 N–H and O–H groups in total. The van der Waals surface area contributed by atoms with Crippen molar-refractivity contribution < 1.29 is 0 Å². The lowest BCUT2D eigenvalue weighted by atomic mass is 9.77. The first-order valence-corrected chi connectivity index (χ1v) is 17.2. The van der Waals surface area contributed by atoms with Gasteiger partial charge in [0, 0.05) is 18.2 Å². The largest absolute Gasteiger partial charge is 0.308 e. The second-order valence-electron chi connectivity index (χ2n) is 12.5. The minimum Gasteiger partial charge on any atom is -0.308 e. The molecule has 3 aromatic heterocycles. The van der Waals surface area contributed by atoms with E-state index in [2.05, 4.69) is 132 Å². The van der Waals surface area contributed by atoms with E-state index in [1.807, 2.05) is 42.6 Å². The molecule has 3 heterocycles. The summed E-state index contributed by atoms with van der Waals surface area (Å²) in [5.41, 5.74) is 8.41. The summed E-state index contributed by atoms with van der Waals surface area (Å²) in [6, 6.07) is 52.3. The Hall–Kier alpha value is -6.21. The van der Waals surface area contributed by atoms with E-state index in [-0.39, 0.29) is 0 Å². The summed E-state index contributed by atoms with van der Waals surface area (Å²) in [4.78, 5) is 11.4. The number of hydrogen-bond acceptors (Lipinski definition) is 5. The molecule has 8 aromatic rings. The topological polar surface area (TPSA) is 74.3 Å². The van der Waals surface area contributed by atoms with Crippen LogP contribution in [0.5, 0.6) is 0 Å². The molecule has 0 spiro atoms. The number of hydrogen-bond donors (Lipinski definition) is 0. The molecule has 0 saturated carbocycles. The van der Waals surface area contributed by atoms with E-state index in [0.29, 0.717) is 12.4 Å². The van der Waals surface area contributed by atoms with Gasteiger partial charge >= 0.3 is 0 Å². The predicted octanol–water partition coefficient (Wildman–Crippen LogP) is 8.98. The highest BCUT2D eigenvalue weighted by Gasteiger charge is 2.41. The van der Waals surface area contributed by atoms with Crippen LogP contribution in [0.15, 0.2) is 158 Å². The molecule has 7 nitrogen and oxygen atoms in total. The van der Waals surface area contributed by atoms with Crippen LogP contribution in [0.4, 0.5) is 0 Å². The summed E-state index contributed by atoms with van der Waals surface area (Å²) in [6.07, 6.45) is 5.00. The summed E-state index contributed by atoms with van der Waals surface area (Å²) in [6.45, 7) is 2.93. The van der Waals surface area contributed by atoms with Crippen molar-refractivity contribution >= 4 is 11.2 Å². The monoisotopic (exact) mass is 651 g/mol. The lowest BCUT2D eigenvalue weighted by Gasteiger charge is -2.34. The van der Waals surface area contributed by atoms with Crippen molar-refractivity contribution in [1.82, 2.24) is 34.7 Å². The van der Waals surface area contributed by atoms with Crippen LogP contribution in [0.3, 0.4) is 0 Å². The third-order valence-electron chi connectivity index (χ3n) is 9.40. The lowest BCUT2D eigenvalue weighted by molar-refractivity contribution is 0.396. The van der Waals surface area contributed by atoms with Gasteiger partial charge in [0.2, 0.25) is 5.82 Å². The fraction of sp³-hybridized carbons (Fsp3) is 0.140. The zero-order valence-electron chi connectivity index (χ0n) is 28.0. The molecule has 5 aromatic carbocycles. The fourth-order valence-electron chi connectivity index (χ4n) is 6.95. The highest BCUT2D eigenvalue weighted by atomic mass is 15.6. The molecule has 0 aliphatic rings. The second-order valence-corrected chi connectivity index (χ2v) is 12.5. The number of pyridine rings is 1. The molecule has 0 radical (unpaired) electrons. The molecule has 0 fully saturated rings. The molecule has 0 atom stereocenters. The van der Waals surface area contributed by atoms with E-state index in [0.717, 1.165) is 69.6 Å². The Morgan fingerprint density at radius 3 is 1.84 bits per heavy atom. The van der Waals surface area contributed by atoms with Crippen molar-refractivity contribution in [3.63, 3.8) is 0 Å². The highest BCUT2D eigenvalue weighted by Crippen LogP contribution is 2.40. The number of fused-ring (bicyclic) bond motifs is 1. The molecule has 0 aliphatic carbocycles. The first-order chi connectivity index (χ1) is 24.8. The zero-order chi connectivity index (χ0) is 33.8. The van der Waals surface area contributed by atoms with Crippen LogP contribution in [0.2, 0.25) is 0 Å². The third-order valence-corrected chi connectivity index (χ3v) is 9.40. The maximum Gasteiger partial charge on any atom is 0.205 e. The number of nitrogens with zero attached hydrogens (tertiary/aromatic N) is 7. The molecule has 0 saturated heterocycles. The molecule has 0 bridgehead atoms. The number of imidazole rings is 1. The minimum atomic E-state index is -0.839. The summed E-state index contributed by atoms with van der Waals surface area (Å²) in [5.74, 6) is 1.65. The normalized spacial score (nSPS) is 11.6. The molecule has 7 heteroatoms. The standard InChI is InChI=1S/C43H37N7/c1-2-3-25-40-45-39-24-15-30-44-42(39)49(40)31-32-26-28-33(29-27-32)37-22-13-14-23-38(37)41-46-48-50(47-41)43(34-16-7-4-8-17-34,35-18-9-5-10-19-35)36-20-11-6-12-21-36/h4-24,26-30H,2-3,25,31H2,1H3. The van der Waals surface area contributed by atoms with Gasteiger partial charge in [-0.25, -0.2) is 9.97 Å². The van der Waals surface area contributed by atoms with Gasteiger partial charge in [0.25, 0.3) is 0 Å². The van der Waals surface area contributed by atoms with Crippen LogP contribution in [-0.4, -0.2) is 34.7 Å². The lowest BCUT2D eigenvalue weighted by Crippen LogP contribution is -2.39. The number of aromatic nitrogens is 7. The van der Waals surface area contributed by atoms with E-state index in [9.17, 15) is 0 Å². The molecule has 0 aliphatic heterocycles. The van der Waals surface area contributed by atoms with E-state index >= 15 is 0 Å². The minimum absolute atomic E-state index is 0.563. The zero-order valence-corrected chi connectivity index (χ0v) is 28.0. The van der Waals surface area contributed by atoms with Gasteiger partial charge in [-0.3, -0.25) is 0 Å². The third kappa shape index (κ3) is 5.66. The summed E-state index contributed by atoms with van der Waals surface area (Å²) in [5, 5.41) is 14.7. The van der Waals surface area contributed by atoms with Gasteiger partial charge < -0.3 is 4.57 Å². The molecular weight excluding hydrogens is 615 g/mol. The van der Waals surface area contributed by atoms with Gasteiger partial charge in [-0.2, -0.15) is 0 Å². The number of unbranched alkanes of at least 4 members (excludes halogenated alkanes) is 1. The summed E-state index contributed by atoms with van der Waals surface area (Å²) >= 11 is 0. The van der Waals surface area contributed by atoms with Gasteiger partial charge in [-0.15, -0.1) is 15.0 Å². The smallest absolute Gasteiger partial charge is 0.205 e. The fourth-order valence-corrected chi connectivity index (χ4v) is 6.95. The number of aryl methyl sites for hydroxylation is 1. The van der Waals surface area contributed by atoms with Gasteiger partial charge in [-0.1, -0.05) is 153 Å². The average Bonchev–Trinajstić information content (AvgIpc) is 3.81. The SMILES string of the molecule is CCCCc1nc2cccnc2n1Cc1ccc(-c2ccccc2-c2nnn(C(c3ccccc3)(c3ccccc3)c3ccccc3)n2)cc1.